The summed E-state index contributed by atoms with van der Waals surface area (Å²) in [5.41, 5.74) is -1.75. The molecular formula is C13H11F4N3O. The van der Waals surface area contributed by atoms with Crippen LogP contribution in [0.3, 0.4) is 0 Å². The molecule has 0 aliphatic rings. The van der Waals surface area contributed by atoms with Crippen LogP contribution in [0, 0.1) is 5.82 Å². The number of nitrogens with one attached hydrogen (secondary N) is 2. The highest BCUT2D eigenvalue weighted by Gasteiger charge is 2.32. The molecule has 1 unspecified atom stereocenters. The van der Waals surface area contributed by atoms with Crippen LogP contribution in [0.25, 0.3) is 0 Å². The van der Waals surface area contributed by atoms with E-state index in [1.54, 1.807) is 6.92 Å². The van der Waals surface area contributed by atoms with Crippen LogP contribution in [-0.2, 0) is 6.18 Å². The summed E-state index contributed by atoms with van der Waals surface area (Å²) in [7, 11) is 0. The Balaban J connectivity index is 2.23. The van der Waals surface area contributed by atoms with E-state index < -0.39 is 35.1 Å². The smallest absolute Gasteiger partial charge is 0.347 e. The minimum atomic E-state index is -4.64. The first-order valence-electron chi connectivity index (χ1n) is 5.96. The van der Waals surface area contributed by atoms with E-state index in [1.807, 2.05) is 0 Å². The van der Waals surface area contributed by atoms with Gasteiger partial charge in [-0.05, 0) is 25.1 Å². The third-order valence-electron chi connectivity index (χ3n) is 2.82. The van der Waals surface area contributed by atoms with Crippen molar-refractivity contribution < 1.29 is 22.4 Å². The van der Waals surface area contributed by atoms with Crippen LogP contribution in [0.4, 0.5) is 17.6 Å². The van der Waals surface area contributed by atoms with Crippen molar-refractivity contribution in [1.82, 2.24) is 15.3 Å². The summed E-state index contributed by atoms with van der Waals surface area (Å²) < 4.78 is 51.3. The molecule has 0 radical (unpaired) electrons. The van der Waals surface area contributed by atoms with E-state index in [-0.39, 0.29) is 0 Å². The molecule has 1 heterocycles. The summed E-state index contributed by atoms with van der Waals surface area (Å²) in [4.78, 5) is 18.5. The summed E-state index contributed by atoms with van der Waals surface area (Å²) in [6.45, 7) is 1.57. The number of imidazole rings is 1. The number of alkyl halides is 3. The Labute approximate surface area is 117 Å². The number of nitrogens with zero attached hydrogens (tertiary/aromatic N) is 1. The van der Waals surface area contributed by atoms with Crippen LogP contribution in [0.2, 0.25) is 0 Å². The van der Waals surface area contributed by atoms with E-state index in [0.29, 0.717) is 24.0 Å². The van der Waals surface area contributed by atoms with Gasteiger partial charge in [-0.3, -0.25) is 4.79 Å². The molecular weight excluding hydrogens is 290 g/mol. The van der Waals surface area contributed by atoms with Gasteiger partial charge >= 0.3 is 6.18 Å². The van der Waals surface area contributed by atoms with Gasteiger partial charge in [-0.25, -0.2) is 9.37 Å². The number of amides is 1. The number of carbonyl (C=O) groups is 1. The molecule has 0 saturated carbocycles. The Morgan fingerprint density at radius 3 is 2.67 bits per heavy atom. The maximum atomic E-state index is 13.5. The normalized spacial score (nSPS) is 13.0. The number of aromatic nitrogens is 2. The summed E-state index contributed by atoms with van der Waals surface area (Å²) in [5, 5.41) is 2.38. The Morgan fingerprint density at radius 1 is 1.38 bits per heavy atom. The molecule has 2 rings (SSSR count). The van der Waals surface area contributed by atoms with E-state index in [0.717, 1.165) is 0 Å². The fourth-order valence-electron chi connectivity index (χ4n) is 1.73. The van der Waals surface area contributed by atoms with Gasteiger partial charge in [-0.15, -0.1) is 0 Å². The van der Waals surface area contributed by atoms with E-state index in [9.17, 15) is 22.4 Å². The molecule has 2 N–H and O–H groups in total. The molecule has 0 saturated heterocycles. The molecule has 0 spiro atoms. The molecule has 1 aromatic carbocycles. The van der Waals surface area contributed by atoms with Gasteiger partial charge in [0.25, 0.3) is 5.91 Å². The second-order valence-corrected chi connectivity index (χ2v) is 4.36. The molecule has 112 valence electrons. The Kier molecular flexibility index (Phi) is 3.97. The van der Waals surface area contributed by atoms with E-state index >= 15 is 0 Å². The van der Waals surface area contributed by atoms with Crippen molar-refractivity contribution in [2.24, 2.45) is 0 Å². The molecule has 1 aromatic heterocycles. The van der Waals surface area contributed by atoms with Crippen LogP contribution in [-0.4, -0.2) is 15.9 Å². The van der Waals surface area contributed by atoms with Crippen LogP contribution in [0.1, 0.15) is 34.7 Å². The number of rotatable bonds is 3. The molecule has 2 aromatic rings. The molecule has 0 bridgehead atoms. The maximum absolute atomic E-state index is 13.5. The zero-order valence-corrected chi connectivity index (χ0v) is 10.8. The number of aromatic amines is 1. The number of H-pyrrole nitrogens is 1. The first-order chi connectivity index (χ1) is 9.79. The molecule has 1 atom stereocenters. The number of halogens is 4. The van der Waals surface area contributed by atoms with Crippen molar-refractivity contribution >= 4 is 5.91 Å². The van der Waals surface area contributed by atoms with Crippen LogP contribution in [0.5, 0.6) is 0 Å². The minimum Gasteiger partial charge on any atom is -0.347 e. The molecule has 1 amide bonds. The van der Waals surface area contributed by atoms with E-state index in [1.165, 1.54) is 12.4 Å². The number of benzene rings is 1. The highest BCUT2D eigenvalue weighted by Crippen LogP contribution is 2.30. The van der Waals surface area contributed by atoms with Crippen molar-refractivity contribution in [3.05, 3.63) is 53.4 Å². The zero-order valence-electron chi connectivity index (χ0n) is 10.8. The van der Waals surface area contributed by atoms with Gasteiger partial charge in [0.15, 0.2) is 0 Å². The van der Waals surface area contributed by atoms with Crippen molar-refractivity contribution in [3.63, 3.8) is 0 Å². The van der Waals surface area contributed by atoms with E-state index in [4.69, 9.17) is 0 Å². The van der Waals surface area contributed by atoms with Gasteiger partial charge in [0.1, 0.15) is 11.6 Å². The number of hydrogen-bond donors (Lipinski definition) is 2. The highest BCUT2D eigenvalue weighted by molar-refractivity contribution is 5.94. The fraction of sp³-hybridized carbons (Fsp3) is 0.231. The first kappa shape index (κ1) is 15.0. The zero-order chi connectivity index (χ0) is 15.6. The molecule has 21 heavy (non-hydrogen) atoms. The van der Waals surface area contributed by atoms with Gasteiger partial charge in [0.05, 0.1) is 17.2 Å². The monoisotopic (exact) mass is 301 g/mol. The number of hydrogen-bond acceptors (Lipinski definition) is 2. The van der Waals surface area contributed by atoms with E-state index in [2.05, 4.69) is 15.3 Å². The average molecular weight is 301 g/mol. The summed E-state index contributed by atoms with van der Waals surface area (Å²) in [6, 6.07) is 1.10. The lowest BCUT2D eigenvalue weighted by molar-refractivity contribution is -0.137. The first-order valence-corrected chi connectivity index (χ1v) is 5.96. The Bertz CT molecular complexity index is 637. The highest BCUT2D eigenvalue weighted by atomic mass is 19.4. The van der Waals surface area contributed by atoms with Gasteiger partial charge in [-0.2, -0.15) is 13.2 Å². The quantitative estimate of drug-likeness (QED) is 0.856. The second kappa shape index (κ2) is 5.55. The van der Waals surface area contributed by atoms with Crippen LogP contribution < -0.4 is 5.32 Å². The molecule has 0 aliphatic carbocycles. The van der Waals surface area contributed by atoms with Crippen molar-refractivity contribution in [1.29, 1.82) is 0 Å². The summed E-state index contributed by atoms with van der Waals surface area (Å²) in [5.74, 6) is -1.55. The molecule has 8 heteroatoms. The van der Waals surface area contributed by atoms with Crippen molar-refractivity contribution in [2.75, 3.05) is 0 Å². The lowest BCUT2D eigenvalue weighted by Crippen LogP contribution is -2.28. The SMILES string of the molecule is CC(NC(=O)c1cc(C(F)(F)F)ccc1F)c1ncc[nH]1. The number of carbonyl (C=O) groups excluding carboxylic acids is 1. The lowest BCUT2D eigenvalue weighted by atomic mass is 10.1. The van der Waals surface area contributed by atoms with Crippen LogP contribution >= 0.6 is 0 Å². The Morgan fingerprint density at radius 2 is 2.10 bits per heavy atom. The third-order valence-corrected chi connectivity index (χ3v) is 2.82. The topological polar surface area (TPSA) is 57.8 Å². The maximum Gasteiger partial charge on any atom is 0.416 e. The van der Waals surface area contributed by atoms with Crippen molar-refractivity contribution in [2.45, 2.75) is 19.1 Å². The minimum absolute atomic E-state index is 0.413. The Hall–Kier alpha value is -2.38. The third kappa shape index (κ3) is 3.39. The van der Waals surface area contributed by atoms with Gasteiger partial charge < -0.3 is 10.3 Å². The molecule has 0 fully saturated rings. The second-order valence-electron chi connectivity index (χ2n) is 4.36. The van der Waals surface area contributed by atoms with Crippen LogP contribution in [0.15, 0.2) is 30.6 Å². The molecule has 0 aliphatic heterocycles. The fourth-order valence-corrected chi connectivity index (χ4v) is 1.73. The van der Waals surface area contributed by atoms with Gasteiger partial charge in [-0.1, -0.05) is 0 Å². The van der Waals surface area contributed by atoms with Gasteiger partial charge in [0, 0.05) is 12.4 Å². The summed E-state index contributed by atoms with van der Waals surface area (Å²) in [6.07, 6.45) is -1.65. The molecule has 4 nitrogen and oxygen atoms in total. The summed E-state index contributed by atoms with van der Waals surface area (Å²) >= 11 is 0. The van der Waals surface area contributed by atoms with Crippen molar-refractivity contribution in [3.8, 4) is 0 Å². The standard InChI is InChI=1S/C13H11F4N3O/c1-7(11-18-4-5-19-11)20-12(21)9-6-8(13(15,16)17)2-3-10(9)14/h2-7H,1H3,(H,18,19)(H,20,21). The lowest BCUT2D eigenvalue weighted by Gasteiger charge is -2.13. The predicted molar refractivity (Wildman–Crippen MR) is 65.9 cm³/mol. The predicted octanol–water partition coefficient (Wildman–Crippen LogP) is 3.06. The van der Waals surface area contributed by atoms with Gasteiger partial charge in [0.2, 0.25) is 0 Å². The average Bonchev–Trinajstić information content (AvgIpc) is 2.91. The largest absolute Gasteiger partial charge is 0.416 e.